The van der Waals surface area contributed by atoms with Crippen molar-refractivity contribution in [2.75, 3.05) is 13.7 Å². The molecule has 0 bridgehead atoms. The molecule has 0 amide bonds. The molecule has 3 rings (SSSR count). The van der Waals surface area contributed by atoms with E-state index in [0.29, 0.717) is 23.7 Å². The number of hydrogen-bond donors (Lipinski definition) is 0. The van der Waals surface area contributed by atoms with Gasteiger partial charge in [0.15, 0.2) is 0 Å². The number of sulfonamides is 1. The summed E-state index contributed by atoms with van der Waals surface area (Å²) in [5, 5.41) is 0. The van der Waals surface area contributed by atoms with Gasteiger partial charge < -0.3 is 4.74 Å². The molecular formula is C19H22N2O3S. The van der Waals surface area contributed by atoms with Crippen molar-refractivity contribution in [3.63, 3.8) is 0 Å². The number of ether oxygens (including phenoxy) is 1. The molecule has 25 heavy (non-hydrogen) atoms. The van der Waals surface area contributed by atoms with E-state index in [1.807, 2.05) is 43.3 Å². The summed E-state index contributed by atoms with van der Waals surface area (Å²) in [5.74, 6) is 1.32. The first kappa shape index (κ1) is 17.5. The number of aryl methyl sites for hydroxylation is 1. The molecule has 0 saturated heterocycles. The van der Waals surface area contributed by atoms with Crippen LogP contribution in [0.4, 0.5) is 0 Å². The molecule has 1 atom stereocenters. The monoisotopic (exact) mass is 358 g/mol. The first-order valence-electron chi connectivity index (χ1n) is 8.19. The summed E-state index contributed by atoms with van der Waals surface area (Å²) >= 11 is 0. The van der Waals surface area contributed by atoms with Crippen LogP contribution in [0.25, 0.3) is 0 Å². The SMILES string of the molecule is COc1ccc(C2CCN(S(=O)(=O)c3ccc(C)cc3)C(C)=N2)cc1. The van der Waals surface area contributed by atoms with Gasteiger partial charge in [-0.25, -0.2) is 8.42 Å². The molecule has 1 unspecified atom stereocenters. The van der Waals surface area contributed by atoms with Gasteiger partial charge in [-0.05, 0) is 50.1 Å². The number of aliphatic imine (C=N–C) groups is 1. The Morgan fingerprint density at radius 2 is 1.68 bits per heavy atom. The molecule has 0 N–H and O–H groups in total. The van der Waals surface area contributed by atoms with Crippen LogP contribution in [0.5, 0.6) is 5.75 Å². The molecule has 132 valence electrons. The zero-order chi connectivity index (χ0) is 18.0. The van der Waals surface area contributed by atoms with Gasteiger partial charge in [0.1, 0.15) is 11.6 Å². The van der Waals surface area contributed by atoms with Gasteiger partial charge in [0.05, 0.1) is 18.0 Å². The number of hydrogen-bond acceptors (Lipinski definition) is 4. The summed E-state index contributed by atoms with van der Waals surface area (Å²) in [6, 6.07) is 14.6. The molecule has 1 aliphatic rings. The maximum absolute atomic E-state index is 12.9. The maximum atomic E-state index is 12.9. The Hall–Kier alpha value is -2.34. The van der Waals surface area contributed by atoms with Crippen molar-refractivity contribution in [2.45, 2.75) is 31.2 Å². The molecule has 2 aromatic carbocycles. The van der Waals surface area contributed by atoms with Crippen LogP contribution in [0.2, 0.25) is 0 Å². The van der Waals surface area contributed by atoms with Gasteiger partial charge in [-0.1, -0.05) is 29.8 Å². The Morgan fingerprint density at radius 1 is 1.04 bits per heavy atom. The Kier molecular flexibility index (Phi) is 4.81. The largest absolute Gasteiger partial charge is 0.497 e. The molecule has 6 heteroatoms. The fraction of sp³-hybridized carbons (Fsp3) is 0.316. The summed E-state index contributed by atoms with van der Waals surface area (Å²) in [4.78, 5) is 4.92. The van der Waals surface area contributed by atoms with Gasteiger partial charge >= 0.3 is 0 Å². The number of amidine groups is 1. The van der Waals surface area contributed by atoms with Gasteiger partial charge in [0.25, 0.3) is 10.0 Å². The van der Waals surface area contributed by atoms with Crippen LogP contribution in [0, 0.1) is 6.92 Å². The smallest absolute Gasteiger partial charge is 0.265 e. The van der Waals surface area contributed by atoms with E-state index in [4.69, 9.17) is 4.74 Å². The minimum atomic E-state index is -3.56. The highest BCUT2D eigenvalue weighted by atomic mass is 32.2. The van der Waals surface area contributed by atoms with Crippen LogP contribution >= 0.6 is 0 Å². The summed E-state index contributed by atoms with van der Waals surface area (Å²) in [7, 11) is -1.93. The van der Waals surface area contributed by atoms with Crippen molar-refractivity contribution < 1.29 is 13.2 Å². The zero-order valence-corrected chi connectivity index (χ0v) is 15.5. The lowest BCUT2D eigenvalue weighted by Crippen LogP contribution is -2.39. The van der Waals surface area contributed by atoms with E-state index >= 15 is 0 Å². The lowest BCUT2D eigenvalue weighted by molar-refractivity contribution is 0.414. The second kappa shape index (κ2) is 6.88. The lowest BCUT2D eigenvalue weighted by Gasteiger charge is -2.30. The molecule has 0 aliphatic carbocycles. The summed E-state index contributed by atoms with van der Waals surface area (Å²) in [5.41, 5.74) is 2.09. The summed E-state index contributed by atoms with van der Waals surface area (Å²) in [6.07, 6.45) is 0.648. The quantitative estimate of drug-likeness (QED) is 0.840. The van der Waals surface area contributed by atoms with Crippen molar-refractivity contribution in [3.8, 4) is 5.75 Å². The van der Waals surface area contributed by atoms with Crippen LogP contribution < -0.4 is 4.74 Å². The average molecular weight is 358 g/mol. The van der Waals surface area contributed by atoms with E-state index in [9.17, 15) is 8.42 Å². The van der Waals surface area contributed by atoms with Crippen molar-refractivity contribution in [1.82, 2.24) is 4.31 Å². The normalized spacial score (nSPS) is 18.0. The van der Waals surface area contributed by atoms with Crippen molar-refractivity contribution in [3.05, 3.63) is 59.7 Å². The van der Waals surface area contributed by atoms with Crippen LogP contribution in [-0.2, 0) is 10.0 Å². The summed E-state index contributed by atoms with van der Waals surface area (Å²) < 4.78 is 32.3. The molecule has 0 radical (unpaired) electrons. The Morgan fingerprint density at radius 3 is 2.24 bits per heavy atom. The first-order valence-corrected chi connectivity index (χ1v) is 9.63. The predicted octanol–water partition coefficient (Wildman–Crippen LogP) is 3.56. The first-order chi connectivity index (χ1) is 11.9. The molecule has 1 aliphatic heterocycles. The van der Waals surface area contributed by atoms with Crippen LogP contribution in [0.3, 0.4) is 0 Å². The second-order valence-electron chi connectivity index (χ2n) is 6.14. The van der Waals surface area contributed by atoms with E-state index in [2.05, 4.69) is 4.99 Å². The van der Waals surface area contributed by atoms with E-state index in [1.165, 1.54) is 4.31 Å². The fourth-order valence-corrected chi connectivity index (χ4v) is 4.43. The van der Waals surface area contributed by atoms with Gasteiger partial charge in [0.2, 0.25) is 0 Å². The fourth-order valence-electron chi connectivity index (χ4n) is 2.95. The number of nitrogens with zero attached hydrogens (tertiary/aromatic N) is 2. The molecular weight excluding hydrogens is 336 g/mol. The highest BCUT2D eigenvalue weighted by Crippen LogP contribution is 2.30. The number of benzene rings is 2. The average Bonchev–Trinajstić information content (AvgIpc) is 2.62. The molecule has 0 fully saturated rings. The number of methoxy groups -OCH3 is 1. The minimum Gasteiger partial charge on any atom is -0.497 e. The zero-order valence-electron chi connectivity index (χ0n) is 14.6. The highest BCUT2D eigenvalue weighted by molar-refractivity contribution is 7.89. The minimum absolute atomic E-state index is 0.0321. The molecule has 0 aromatic heterocycles. The van der Waals surface area contributed by atoms with Gasteiger partial charge in [-0.15, -0.1) is 0 Å². The summed E-state index contributed by atoms with van der Waals surface area (Å²) in [6.45, 7) is 4.10. The van der Waals surface area contributed by atoms with Crippen LogP contribution in [0.15, 0.2) is 58.4 Å². The van der Waals surface area contributed by atoms with E-state index in [-0.39, 0.29) is 6.04 Å². The Bertz CT molecular complexity index is 872. The predicted molar refractivity (Wildman–Crippen MR) is 98.5 cm³/mol. The van der Waals surface area contributed by atoms with Gasteiger partial charge in [0, 0.05) is 6.54 Å². The van der Waals surface area contributed by atoms with Crippen LogP contribution in [-0.4, -0.2) is 32.2 Å². The molecule has 0 saturated carbocycles. The Balaban J connectivity index is 1.85. The third kappa shape index (κ3) is 3.54. The number of rotatable bonds is 4. The molecule has 2 aromatic rings. The van der Waals surface area contributed by atoms with E-state index in [1.54, 1.807) is 26.2 Å². The maximum Gasteiger partial charge on any atom is 0.265 e. The van der Waals surface area contributed by atoms with Gasteiger partial charge in [-0.2, -0.15) is 0 Å². The lowest BCUT2D eigenvalue weighted by atomic mass is 10.0. The molecule has 5 nitrogen and oxygen atoms in total. The van der Waals surface area contributed by atoms with Crippen molar-refractivity contribution in [1.29, 1.82) is 0 Å². The van der Waals surface area contributed by atoms with Gasteiger partial charge in [-0.3, -0.25) is 9.30 Å². The highest BCUT2D eigenvalue weighted by Gasteiger charge is 2.30. The molecule has 1 heterocycles. The standard InChI is InChI=1S/C19H22N2O3S/c1-14-4-10-18(11-5-14)25(22,23)21-13-12-19(20-15(21)2)16-6-8-17(24-3)9-7-16/h4-11,19H,12-13H2,1-3H3. The molecule has 0 spiro atoms. The second-order valence-corrected chi connectivity index (χ2v) is 8.01. The Labute approximate surface area is 149 Å². The topological polar surface area (TPSA) is 59.0 Å². The van der Waals surface area contributed by atoms with Crippen molar-refractivity contribution >= 4 is 15.9 Å². The third-order valence-corrected chi connectivity index (χ3v) is 6.31. The van der Waals surface area contributed by atoms with Crippen LogP contribution in [0.1, 0.15) is 30.5 Å². The van der Waals surface area contributed by atoms with Crippen molar-refractivity contribution in [2.24, 2.45) is 4.99 Å². The van der Waals surface area contributed by atoms with E-state index < -0.39 is 10.0 Å². The van der Waals surface area contributed by atoms with E-state index in [0.717, 1.165) is 16.9 Å². The third-order valence-electron chi connectivity index (χ3n) is 4.42.